The first-order valence-electron chi connectivity index (χ1n) is 11.7. The summed E-state index contributed by atoms with van der Waals surface area (Å²) in [7, 11) is 0. The number of carbonyl (C=O) groups is 2. The lowest BCUT2D eigenvalue weighted by atomic mass is 9.88. The van der Waals surface area contributed by atoms with E-state index in [0.29, 0.717) is 49.4 Å². The minimum absolute atomic E-state index is 0.159. The summed E-state index contributed by atoms with van der Waals surface area (Å²) in [4.78, 5) is 41.4. The molecule has 2 amide bonds. The minimum atomic E-state index is -0.231. The van der Waals surface area contributed by atoms with Crippen molar-refractivity contribution in [3.05, 3.63) is 64.0 Å². The lowest BCUT2D eigenvalue weighted by Gasteiger charge is -2.36. The fraction of sp³-hybridized carbons (Fsp3) is 0.440. The van der Waals surface area contributed by atoms with E-state index in [1.807, 2.05) is 23.1 Å². The van der Waals surface area contributed by atoms with Crippen LogP contribution in [0.15, 0.2) is 45.6 Å². The number of hydrogen-bond acceptors (Lipinski definition) is 5. The Morgan fingerprint density at radius 2 is 1.64 bits per heavy atom. The molecule has 1 aliphatic heterocycles. The lowest BCUT2D eigenvalue weighted by molar-refractivity contribution is -0.138. The van der Waals surface area contributed by atoms with Crippen LogP contribution in [0.25, 0.3) is 10.8 Å². The summed E-state index contributed by atoms with van der Waals surface area (Å²) < 4.78 is 5.85. The van der Waals surface area contributed by atoms with Crippen LogP contribution >= 0.6 is 0 Å². The fourth-order valence-corrected chi connectivity index (χ4v) is 4.95. The van der Waals surface area contributed by atoms with Crippen LogP contribution in [-0.2, 0) is 11.2 Å². The second kappa shape index (κ2) is 9.21. The van der Waals surface area contributed by atoms with Crippen molar-refractivity contribution in [1.82, 2.24) is 20.0 Å². The number of amides is 2. The summed E-state index contributed by atoms with van der Waals surface area (Å²) in [5.41, 5.74) is 0.458. The second-order valence-corrected chi connectivity index (χ2v) is 8.94. The summed E-state index contributed by atoms with van der Waals surface area (Å²) in [5.74, 6) is 1.14. The van der Waals surface area contributed by atoms with Crippen molar-refractivity contribution in [1.29, 1.82) is 0 Å². The quantitative estimate of drug-likeness (QED) is 0.662. The van der Waals surface area contributed by atoms with E-state index < -0.39 is 0 Å². The number of nitrogens with one attached hydrogen (secondary N) is 1. The predicted octanol–water partition coefficient (Wildman–Crippen LogP) is 2.97. The smallest absolute Gasteiger partial charge is 0.289 e. The Morgan fingerprint density at radius 1 is 0.939 bits per heavy atom. The number of rotatable bonds is 4. The molecular weight excluding hydrogens is 420 g/mol. The SMILES string of the molecule is O=C(c1ccc(Cc2n[nH]c(=O)c3ccccc23)o1)N1CCN(C(=O)C2CCCCC2)CC1. The van der Waals surface area contributed by atoms with Crippen LogP contribution in [0.3, 0.4) is 0 Å². The van der Waals surface area contributed by atoms with E-state index in [-0.39, 0.29) is 29.1 Å². The summed E-state index contributed by atoms with van der Waals surface area (Å²) in [5, 5.41) is 8.05. The van der Waals surface area contributed by atoms with Gasteiger partial charge in [0.15, 0.2) is 5.76 Å². The molecule has 0 atom stereocenters. The molecule has 0 unspecified atom stereocenters. The lowest BCUT2D eigenvalue weighted by Crippen LogP contribution is -2.52. The normalized spacial score (nSPS) is 17.5. The van der Waals surface area contributed by atoms with E-state index in [0.717, 1.165) is 31.1 Å². The zero-order valence-corrected chi connectivity index (χ0v) is 18.6. The van der Waals surface area contributed by atoms with Gasteiger partial charge in [0.2, 0.25) is 5.91 Å². The number of hydrogen-bond donors (Lipinski definition) is 1. The van der Waals surface area contributed by atoms with Gasteiger partial charge < -0.3 is 14.2 Å². The molecule has 1 saturated carbocycles. The summed E-state index contributed by atoms with van der Waals surface area (Å²) in [6.45, 7) is 2.17. The highest BCUT2D eigenvalue weighted by atomic mass is 16.4. The van der Waals surface area contributed by atoms with E-state index >= 15 is 0 Å². The highest BCUT2D eigenvalue weighted by molar-refractivity contribution is 5.92. The fourth-order valence-electron chi connectivity index (χ4n) is 4.95. The van der Waals surface area contributed by atoms with Gasteiger partial charge in [-0.05, 0) is 31.0 Å². The molecule has 8 heteroatoms. The van der Waals surface area contributed by atoms with Crippen LogP contribution in [0.5, 0.6) is 0 Å². The van der Waals surface area contributed by atoms with Crippen LogP contribution in [-0.4, -0.2) is 58.0 Å². The molecule has 1 aromatic carbocycles. The van der Waals surface area contributed by atoms with Gasteiger partial charge in [0.25, 0.3) is 11.5 Å². The summed E-state index contributed by atoms with van der Waals surface area (Å²) >= 11 is 0. The minimum Gasteiger partial charge on any atom is -0.456 e. The van der Waals surface area contributed by atoms with Gasteiger partial charge >= 0.3 is 0 Å². The summed E-state index contributed by atoms with van der Waals surface area (Å²) in [6.07, 6.45) is 5.86. The van der Waals surface area contributed by atoms with Crippen LogP contribution < -0.4 is 5.56 Å². The number of aromatic amines is 1. The van der Waals surface area contributed by atoms with Crippen LogP contribution in [0.2, 0.25) is 0 Å². The standard InChI is InChI=1S/C25H28N4O4/c30-23-20-9-5-4-8-19(20)21(26-27-23)16-18-10-11-22(33-18)25(32)29-14-12-28(13-15-29)24(31)17-6-2-1-3-7-17/h4-5,8-11,17H,1-3,6-7,12-16H2,(H,27,30). The number of aromatic nitrogens is 2. The third kappa shape index (κ3) is 4.42. The third-order valence-electron chi connectivity index (χ3n) is 6.82. The summed E-state index contributed by atoms with van der Waals surface area (Å²) in [6, 6.07) is 10.8. The Balaban J connectivity index is 1.22. The van der Waals surface area contributed by atoms with Crippen LogP contribution in [0.1, 0.15) is 54.1 Å². The molecule has 33 heavy (non-hydrogen) atoms. The first kappa shape index (κ1) is 21.4. The molecule has 5 rings (SSSR count). The Morgan fingerprint density at radius 3 is 2.39 bits per heavy atom. The first-order valence-corrected chi connectivity index (χ1v) is 11.7. The van der Waals surface area contributed by atoms with Crippen molar-refractivity contribution in [2.45, 2.75) is 38.5 Å². The van der Waals surface area contributed by atoms with E-state index in [1.165, 1.54) is 6.42 Å². The Hall–Kier alpha value is -3.42. The average molecular weight is 449 g/mol. The highest BCUT2D eigenvalue weighted by Gasteiger charge is 2.30. The van der Waals surface area contributed by atoms with Gasteiger partial charge in [0.1, 0.15) is 5.76 Å². The number of fused-ring (bicyclic) bond motifs is 1. The van der Waals surface area contributed by atoms with Gasteiger partial charge in [0.05, 0.1) is 17.5 Å². The average Bonchev–Trinajstić information content (AvgIpc) is 3.34. The molecule has 2 aliphatic rings. The molecule has 3 heterocycles. The van der Waals surface area contributed by atoms with Crippen molar-refractivity contribution in [2.24, 2.45) is 5.92 Å². The van der Waals surface area contributed by atoms with Gasteiger partial charge in [-0.2, -0.15) is 5.10 Å². The topological polar surface area (TPSA) is 99.5 Å². The van der Waals surface area contributed by atoms with Crippen molar-refractivity contribution < 1.29 is 14.0 Å². The van der Waals surface area contributed by atoms with Gasteiger partial charge in [-0.3, -0.25) is 14.4 Å². The molecule has 8 nitrogen and oxygen atoms in total. The number of nitrogens with zero attached hydrogens (tertiary/aromatic N) is 3. The molecule has 0 radical (unpaired) electrons. The maximum absolute atomic E-state index is 13.0. The first-order chi connectivity index (χ1) is 16.1. The van der Waals surface area contributed by atoms with E-state index in [4.69, 9.17) is 4.42 Å². The maximum Gasteiger partial charge on any atom is 0.289 e. The Kier molecular flexibility index (Phi) is 5.98. The monoisotopic (exact) mass is 448 g/mol. The van der Waals surface area contributed by atoms with Gasteiger partial charge in [-0.25, -0.2) is 5.10 Å². The molecule has 0 bridgehead atoms. The zero-order chi connectivity index (χ0) is 22.8. The Labute approximate surface area is 191 Å². The largest absolute Gasteiger partial charge is 0.456 e. The molecule has 1 N–H and O–H groups in total. The Bertz CT molecular complexity index is 1220. The number of H-pyrrole nitrogens is 1. The van der Waals surface area contributed by atoms with Crippen molar-refractivity contribution in [3.8, 4) is 0 Å². The van der Waals surface area contributed by atoms with E-state index in [2.05, 4.69) is 10.2 Å². The molecule has 172 valence electrons. The molecule has 1 saturated heterocycles. The molecule has 2 aromatic heterocycles. The van der Waals surface area contributed by atoms with Gasteiger partial charge in [-0.15, -0.1) is 0 Å². The molecular formula is C25H28N4O4. The van der Waals surface area contributed by atoms with Gasteiger partial charge in [0, 0.05) is 37.5 Å². The molecule has 2 fully saturated rings. The van der Waals surface area contributed by atoms with E-state index in [9.17, 15) is 14.4 Å². The van der Waals surface area contributed by atoms with Crippen LogP contribution in [0, 0.1) is 5.92 Å². The van der Waals surface area contributed by atoms with E-state index in [1.54, 1.807) is 23.1 Å². The number of piperazine rings is 1. The number of carbonyl (C=O) groups excluding carboxylic acids is 2. The number of furan rings is 1. The zero-order valence-electron chi connectivity index (χ0n) is 18.6. The van der Waals surface area contributed by atoms with Crippen molar-refractivity contribution in [2.75, 3.05) is 26.2 Å². The third-order valence-corrected chi connectivity index (χ3v) is 6.82. The van der Waals surface area contributed by atoms with Crippen molar-refractivity contribution in [3.63, 3.8) is 0 Å². The predicted molar refractivity (Wildman–Crippen MR) is 123 cm³/mol. The van der Waals surface area contributed by atoms with Crippen molar-refractivity contribution >= 4 is 22.6 Å². The molecule has 1 aliphatic carbocycles. The maximum atomic E-state index is 13.0. The second-order valence-electron chi connectivity index (χ2n) is 8.94. The molecule has 0 spiro atoms. The van der Waals surface area contributed by atoms with Gasteiger partial charge in [-0.1, -0.05) is 37.5 Å². The highest BCUT2D eigenvalue weighted by Crippen LogP contribution is 2.26. The number of benzene rings is 1. The molecule has 3 aromatic rings. The van der Waals surface area contributed by atoms with Crippen LogP contribution in [0.4, 0.5) is 0 Å².